The van der Waals surface area contributed by atoms with Crippen LogP contribution in [0.25, 0.3) is 0 Å². The van der Waals surface area contributed by atoms with Crippen molar-refractivity contribution in [2.45, 2.75) is 32.5 Å². The zero-order valence-electron chi connectivity index (χ0n) is 15.3. The number of aryl methyl sites for hydroxylation is 1. The largest absolute Gasteiger partial charge is 0.497 e. The summed E-state index contributed by atoms with van der Waals surface area (Å²) >= 11 is 0. The zero-order chi connectivity index (χ0) is 18.1. The molecule has 0 saturated carbocycles. The molecule has 1 saturated heterocycles. The second kappa shape index (κ2) is 7.00. The smallest absolute Gasteiger partial charge is 0.414 e. The average Bonchev–Trinajstić information content (AvgIpc) is 2.99. The molecule has 136 valence electrons. The minimum atomic E-state index is -0.219. The highest BCUT2D eigenvalue weighted by Crippen LogP contribution is 2.32. The van der Waals surface area contributed by atoms with E-state index in [1.54, 1.807) is 7.11 Å². The molecule has 2 aromatic carbocycles. The van der Waals surface area contributed by atoms with Gasteiger partial charge in [-0.1, -0.05) is 24.3 Å². The lowest BCUT2D eigenvalue weighted by Crippen LogP contribution is -2.40. The van der Waals surface area contributed by atoms with Gasteiger partial charge in [0.2, 0.25) is 0 Å². The highest BCUT2D eigenvalue weighted by atomic mass is 16.6. The van der Waals surface area contributed by atoms with Crippen LogP contribution in [0, 0.1) is 6.92 Å². The van der Waals surface area contributed by atoms with Crippen molar-refractivity contribution in [1.82, 2.24) is 4.90 Å². The minimum absolute atomic E-state index is 0.108. The number of cyclic esters (lactones) is 1. The maximum absolute atomic E-state index is 12.3. The van der Waals surface area contributed by atoms with Crippen LogP contribution < -0.4 is 9.64 Å². The van der Waals surface area contributed by atoms with Crippen LogP contribution in [-0.4, -0.2) is 37.3 Å². The van der Waals surface area contributed by atoms with Crippen LogP contribution in [0.5, 0.6) is 5.75 Å². The van der Waals surface area contributed by atoms with Gasteiger partial charge in [-0.2, -0.15) is 0 Å². The summed E-state index contributed by atoms with van der Waals surface area (Å²) in [6, 6.07) is 14.7. The summed E-state index contributed by atoms with van der Waals surface area (Å²) < 4.78 is 10.7. The molecule has 2 aliphatic rings. The summed E-state index contributed by atoms with van der Waals surface area (Å²) in [5.41, 5.74) is 4.55. The Hall–Kier alpha value is -2.53. The van der Waals surface area contributed by atoms with E-state index in [2.05, 4.69) is 42.2 Å². The number of nitrogens with zero attached hydrogens (tertiary/aromatic N) is 2. The van der Waals surface area contributed by atoms with Gasteiger partial charge in [-0.25, -0.2) is 4.79 Å². The molecule has 0 aliphatic carbocycles. The molecule has 2 aromatic rings. The molecule has 4 rings (SSSR count). The topological polar surface area (TPSA) is 42.0 Å². The van der Waals surface area contributed by atoms with Crippen molar-refractivity contribution >= 4 is 11.8 Å². The Morgan fingerprint density at radius 3 is 2.96 bits per heavy atom. The summed E-state index contributed by atoms with van der Waals surface area (Å²) in [6.45, 7) is 5.11. The molecule has 26 heavy (non-hydrogen) atoms. The molecule has 0 spiro atoms. The van der Waals surface area contributed by atoms with Crippen LogP contribution in [0.4, 0.5) is 10.5 Å². The molecular weight excluding hydrogens is 328 g/mol. The van der Waals surface area contributed by atoms with E-state index < -0.39 is 0 Å². The average molecular weight is 352 g/mol. The van der Waals surface area contributed by atoms with Crippen molar-refractivity contribution in [2.24, 2.45) is 0 Å². The fourth-order valence-corrected chi connectivity index (χ4v) is 3.82. The Bertz CT molecular complexity index is 821. The first-order valence-electron chi connectivity index (χ1n) is 9.05. The molecule has 0 bridgehead atoms. The predicted molar refractivity (Wildman–Crippen MR) is 101 cm³/mol. The summed E-state index contributed by atoms with van der Waals surface area (Å²) in [6.07, 6.45) is 0.686. The Labute approximate surface area is 154 Å². The van der Waals surface area contributed by atoms with Crippen LogP contribution in [0.1, 0.15) is 23.1 Å². The molecule has 1 fully saturated rings. The van der Waals surface area contributed by atoms with Gasteiger partial charge < -0.3 is 9.47 Å². The molecule has 1 atom stereocenters. The molecule has 5 nitrogen and oxygen atoms in total. The normalized spacial score (nSPS) is 20.0. The maximum atomic E-state index is 12.3. The number of methoxy groups -OCH3 is 1. The molecule has 0 aromatic heterocycles. The van der Waals surface area contributed by atoms with E-state index >= 15 is 0 Å². The van der Waals surface area contributed by atoms with E-state index in [0.717, 1.165) is 43.1 Å². The Morgan fingerprint density at radius 1 is 1.23 bits per heavy atom. The molecule has 0 radical (unpaired) electrons. The van der Waals surface area contributed by atoms with Crippen LogP contribution in [-0.2, 0) is 17.8 Å². The predicted octanol–water partition coefficient (Wildman–Crippen LogP) is 3.73. The zero-order valence-corrected chi connectivity index (χ0v) is 15.3. The van der Waals surface area contributed by atoms with Gasteiger partial charge in [0.05, 0.1) is 18.8 Å². The van der Waals surface area contributed by atoms with Crippen molar-refractivity contribution in [2.75, 3.05) is 25.2 Å². The summed E-state index contributed by atoms with van der Waals surface area (Å²) in [5.74, 6) is 0.881. The highest BCUT2D eigenvalue weighted by molar-refractivity contribution is 5.91. The van der Waals surface area contributed by atoms with Crippen molar-refractivity contribution in [3.63, 3.8) is 0 Å². The van der Waals surface area contributed by atoms with E-state index in [1.165, 1.54) is 11.1 Å². The van der Waals surface area contributed by atoms with Crippen molar-refractivity contribution < 1.29 is 14.3 Å². The molecule has 0 N–H and O–H groups in total. The monoisotopic (exact) mass is 352 g/mol. The number of hydrogen-bond donors (Lipinski definition) is 0. The Balaban J connectivity index is 1.63. The molecule has 2 heterocycles. The third kappa shape index (κ3) is 3.27. The first kappa shape index (κ1) is 16.9. The van der Waals surface area contributed by atoms with Gasteiger partial charge in [0.25, 0.3) is 0 Å². The number of benzene rings is 2. The molecule has 5 heteroatoms. The molecule has 1 amide bonds. The number of ether oxygens (including phenoxy) is 2. The van der Waals surface area contributed by atoms with Gasteiger partial charge in [-0.05, 0) is 48.2 Å². The summed E-state index contributed by atoms with van der Waals surface area (Å²) in [5, 5.41) is 0. The number of fused-ring (bicyclic) bond motifs is 3. The first-order chi connectivity index (χ1) is 12.6. The van der Waals surface area contributed by atoms with Gasteiger partial charge in [0.15, 0.2) is 0 Å². The second-order valence-electron chi connectivity index (χ2n) is 7.08. The first-order valence-corrected chi connectivity index (χ1v) is 9.05. The van der Waals surface area contributed by atoms with Gasteiger partial charge in [0.1, 0.15) is 12.4 Å². The van der Waals surface area contributed by atoms with Crippen LogP contribution >= 0.6 is 0 Å². The SMILES string of the molecule is COc1cccc(CN2CCC3COC(=O)N3c3cc(C)ccc3C2)c1. The van der Waals surface area contributed by atoms with Gasteiger partial charge in [-0.3, -0.25) is 9.80 Å². The van der Waals surface area contributed by atoms with E-state index in [1.807, 2.05) is 17.0 Å². The van der Waals surface area contributed by atoms with Crippen molar-refractivity contribution in [3.8, 4) is 5.75 Å². The second-order valence-corrected chi connectivity index (χ2v) is 7.08. The fourth-order valence-electron chi connectivity index (χ4n) is 3.82. The lowest BCUT2D eigenvalue weighted by atomic mass is 10.0. The van der Waals surface area contributed by atoms with E-state index in [9.17, 15) is 4.79 Å². The van der Waals surface area contributed by atoms with Gasteiger partial charge in [-0.15, -0.1) is 0 Å². The number of hydrogen-bond acceptors (Lipinski definition) is 4. The van der Waals surface area contributed by atoms with E-state index in [0.29, 0.717) is 6.61 Å². The van der Waals surface area contributed by atoms with Crippen LogP contribution in [0.3, 0.4) is 0 Å². The number of carbonyl (C=O) groups excluding carboxylic acids is 1. The van der Waals surface area contributed by atoms with Crippen LogP contribution in [0.2, 0.25) is 0 Å². The minimum Gasteiger partial charge on any atom is -0.497 e. The van der Waals surface area contributed by atoms with Crippen molar-refractivity contribution in [3.05, 3.63) is 59.2 Å². The highest BCUT2D eigenvalue weighted by Gasteiger charge is 2.37. The van der Waals surface area contributed by atoms with Gasteiger partial charge in [0, 0.05) is 19.6 Å². The number of rotatable bonds is 3. The fraction of sp³-hybridized carbons (Fsp3) is 0.381. The lowest BCUT2D eigenvalue weighted by Gasteiger charge is -2.32. The molecular formula is C21H24N2O3. The third-order valence-corrected chi connectivity index (χ3v) is 5.17. The maximum Gasteiger partial charge on any atom is 0.414 e. The van der Waals surface area contributed by atoms with Gasteiger partial charge >= 0.3 is 6.09 Å². The lowest BCUT2D eigenvalue weighted by molar-refractivity contribution is 0.177. The van der Waals surface area contributed by atoms with Crippen LogP contribution in [0.15, 0.2) is 42.5 Å². The molecule has 2 aliphatic heterocycles. The number of carbonyl (C=O) groups is 1. The number of anilines is 1. The Morgan fingerprint density at radius 2 is 2.12 bits per heavy atom. The van der Waals surface area contributed by atoms with E-state index in [4.69, 9.17) is 9.47 Å². The summed E-state index contributed by atoms with van der Waals surface area (Å²) in [7, 11) is 1.69. The third-order valence-electron chi connectivity index (χ3n) is 5.17. The van der Waals surface area contributed by atoms with E-state index in [-0.39, 0.29) is 12.1 Å². The Kier molecular flexibility index (Phi) is 4.55. The van der Waals surface area contributed by atoms with Crippen molar-refractivity contribution in [1.29, 1.82) is 0 Å². The quantitative estimate of drug-likeness (QED) is 0.844. The standard InChI is InChI=1S/C21H24N2O3/c1-15-6-7-17-13-22(12-16-4-3-5-19(11-16)25-2)9-8-18-14-26-21(24)23(18)20(17)10-15/h3-7,10-11,18H,8-9,12-14H2,1-2H3. The number of amides is 1. The summed E-state index contributed by atoms with van der Waals surface area (Å²) in [4.78, 5) is 16.6. The molecule has 1 unspecified atom stereocenters.